The third-order valence-corrected chi connectivity index (χ3v) is 11.4. The van der Waals surface area contributed by atoms with Crippen LogP contribution >= 0.6 is 0 Å². The Bertz CT molecular complexity index is 3000. The van der Waals surface area contributed by atoms with Crippen molar-refractivity contribution in [3.63, 3.8) is 0 Å². The molecule has 0 saturated carbocycles. The zero-order chi connectivity index (χ0) is 45.5. The third-order valence-electron chi connectivity index (χ3n) is 11.4. The zero-order valence-electron chi connectivity index (χ0n) is 37.3. The minimum absolute atomic E-state index is 0.110. The summed E-state index contributed by atoms with van der Waals surface area (Å²) in [5, 5.41) is 20.8. The van der Waals surface area contributed by atoms with Gasteiger partial charge in [-0.1, -0.05) is 72.8 Å². The minimum atomic E-state index is -0.948. The summed E-state index contributed by atoms with van der Waals surface area (Å²) in [5.74, 6) is 1.61. The number of ether oxygens (including phenoxy) is 2. The van der Waals surface area contributed by atoms with E-state index in [4.69, 9.17) is 29.4 Å². The van der Waals surface area contributed by atoms with Gasteiger partial charge in [-0.3, -0.25) is 13.9 Å². The Kier molecular flexibility index (Phi) is 16.1. The summed E-state index contributed by atoms with van der Waals surface area (Å²) in [4.78, 5) is 43.5. The summed E-state index contributed by atoms with van der Waals surface area (Å²) >= 11 is 2.50. The molecule has 2 aliphatic heterocycles. The van der Waals surface area contributed by atoms with Crippen molar-refractivity contribution in [1.29, 1.82) is 0 Å². The Hall–Kier alpha value is -4.15. The van der Waals surface area contributed by atoms with Crippen molar-refractivity contribution in [3.05, 3.63) is 165 Å². The summed E-state index contributed by atoms with van der Waals surface area (Å²) in [6.45, 7) is 7.49. The number of fused-ring (bicyclic) bond motifs is 4. The van der Waals surface area contributed by atoms with Crippen LogP contribution in [0, 0.1) is 13.8 Å². The summed E-state index contributed by atoms with van der Waals surface area (Å²) in [7, 11) is 1.64. The molecule has 8 aromatic rings. The van der Waals surface area contributed by atoms with Crippen LogP contribution in [-0.4, -0.2) is 129 Å². The van der Waals surface area contributed by atoms with Crippen LogP contribution in [-0.2, 0) is 48.6 Å². The van der Waals surface area contributed by atoms with E-state index in [0.717, 1.165) is 73.9 Å². The Morgan fingerprint density at radius 3 is 1.52 bits per heavy atom. The predicted molar refractivity (Wildman–Crippen MR) is 253 cm³/mol. The molecule has 0 bridgehead atoms. The number of rotatable bonds is 10. The Morgan fingerprint density at radius 1 is 0.631 bits per heavy atom. The first kappa shape index (κ1) is 47.3. The van der Waals surface area contributed by atoms with Crippen molar-refractivity contribution in [2.45, 2.75) is 53.0 Å². The molecule has 1 amide bonds. The standard InChI is InChI=1S/C25H25N5O2.C24H22N4O3.2K/c1-16-13-19-18(24(31)26-2)9-6-10-22(19)30(16)25-28-21-11-12-32-15-20(21)23(29-25)27-14-17-7-4-3-5-8-17;1-15-12-18-17(23(29)30)8-5-9-21(18)28(15)24-26-20-10-11-31-14-19(20)22(27-24)25-13-16-6-3-2-4-7-16;;/h3-10,13H,11-12,14-15H2,1-2H3,(H,26,31)(H,27,28,29);2-9,12H,10-11,13-14H2,1H3,(H,29,30)(H,25,26,27);;. The molecule has 0 unspecified atom stereocenters. The molecule has 0 spiro atoms. The fraction of sp³-hybridized carbons (Fsp3) is 0.224. The number of hydrogen-bond acceptors (Lipinski definition) is 10. The summed E-state index contributed by atoms with van der Waals surface area (Å²) in [6.07, 6.45) is 1.45. The van der Waals surface area contributed by atoms with Crippen molar-refractivity contribution < 1.29 is 24.2 Å². The molecule has 4 aromatic heterocycles. The second kappa shape index (κ2) is 22.1. The van der Waals surface area contributed by atoms with Crippen LogP contribution in [0.5, 0.6) is 0 Å². The van der Waals surface area contributed by atoms with Crippen molar-refractivity contribution >= 4 is 108 Å². The molecule has 0 radical (unpaired) electrons. The topological polar surface area (TPSA) is 170 Å². The first-order valence-electron chi connectivity index (χ1n) is 22.0. The quantitative estimate of drug-likeness (QED) is 0.103. The van der Waals surface area contributed by atoms with Crippen molar-refractivity contribution in [3.8, 4) is 11.9 Å². The second-order valence-corrected chi connectivity index (χ2v) is 15.5. The van der Waals surface area contributed by atoms with Crippen molar-refractivity contribution in [2.75, 3.05) is 30.9 Å². The van der Waals surface area contributed by atoms with E-state index in [1.54, 1.807) is 19.2 Å². The number of carboxylic acids is 1. The van der Waals surface area contributed by atoms with Gasteiger partial charge in [-0.25, -0.2) is 14.8 Å². The van der Waals surface area contributed by atoms with E-state index in [2.05, 4.69) is 40.2 Å². The first-order chi connectivity index (χ1) is 31.8. The number of carbonyl (C=O) groups excluding carboxylic acids is 1. The Labute approximate surface area is 422 Å². The number of nitrogens with one attached hydrogen (secondary N) is 3. The van der Waals surface area contributed by atoms with E-state index < -0.39 is 5.97 Å². The van der Waals surface area contributed by atoms with Gasteiger partial charge in [0.1, 0.15) is 11.6 Å². The van der Waals surface area contributed by atoms with Crippen LogP contribution in [0.3, 0.4) is 0 Å². The molecule has 16 heteroatoms. The average Bonchev–Trinajstić information content (AvgIpc) is 3.88. The van der Waals surface area contributed by atoms with Crippen LogP contribution in [0.2, 0.25) is 0 Å². The fourth-order valence-corrected chi connectivity index (χ4v) is 8.27. The summed E-state index contributed by atoms with van der Waals surface area (Å²) in [5.41, 5.74) is 10.7. The number of aromatic carboxylic acids is 1. The molecule has 0 saturated heterocycles. The van der Waals surface area contributed by atoms with Gasteiger partial charge in [-0.05, 0) is 61.4 Å². The Balaban J connectivity index is 0.000000171. The van der Waals surface area contributed by atoms with Gasteiger partial charge >= 0.3 is 69.1 Å². The second-order valence-electron chi connectivity index (χ2n) is 15.5. The van der Waals surface area contributed by atoms with Crippen LogP contribution in [0.25, 0.3) is 33.7 Å². The van der Waals surface area contributed by atoms with Gasteiger partial charge in [0.2, 0.25) is 11.9 Å². The van der Waals surface area contributed by atoms with E-state index in [1.807, 2.05) is 95.8 Å². The van der Waals surface area contributed by atoms with E-state index in [-0.39, 0.29) is 11.5 Å². The van der Waals surface area contributed by atoms with Gasteiger partial charge < -0.3 is 30.5 Å². The molecule has 4 aromatic carbocycles. The number of amides is 1. The Morgan fingerprint density at radius 2 is 1.08 bits per heavy atom. The maximum absolute atomic E-state index is 12.4. The van der Waals surface area contributed by atoms with Crippen LogP contribution in [0.4, 0.5) is 11.6 Å². The third kappa shape index (κ3) is 10.5. The van der Waals surface area contributed by atoms with E-state index in [0.29, 0.717) is 68.8 Å². The van der Waals surface area contributed by atoms with Gasteiger partial charge in [-0.2, -0.15) is 9.97 Å². The number of nitrogens with zero attached hydrogens (tertiary/aromatic N) is 6. The van der Waals surface area contributed by atoms with Gasteiger partial charge in [0.05, 0.1) is 54.4 Å². The summed E-state index contributed by atoms with van der Waals surface area (Å²) in [6, 6.07) is 35.3. The monoisotopic (exact) mass is 919 g/mol. The maximum atomic E-state index is 12.4. The molecule has 2 aliphatic rings. The zero-order valence-corrected chi connectivity index (χ0v) is 43.6. The SMILES string of the molecule is CNC(=O)c1cccc2c1cc(C)n2-c1nc2c(c(NCc3ccccc3)n1)COCC2.Cc1cc2c(C(=O)O)cccc2n1-c1nc2c(c(NCc3ccccc3)n1)COCC2.[K][K]. The van der Waals surface area contributed by atoms with Gasteiger partial charge in [0.25, 0.3) is 5.91 Å². The van der Waals surface area contributed by atoms with Crippen LogP contribution < -0.4 is 16.0 Å². The molecule has 14 nitrogen and oxygen atoms in total. The molecule has 0 fully saturated rings. The molecule has 65 heavy (non-hydrogen) atoms. The predicted octanol–water partition coefficient (Wildman–Crippen LogP) is 7.12. The fourth-order valence-electron chi connectivity index (χ4n) is 8.27. The van der Waals surface area contributed by atoms with Gasteiger partial charge in [-0.15, -0.1) is 0 Å². The van der Waals surface area contributed by atoms with E-state index >= 15 is 0 Å². The van der Waals surface area contributed by atoms with Gasteiger partial charge in [0.15, 0.2) is 0 Å². The van der Waals surface area contributed by atoms with Crippen LogP contribution in [0.1, 0.15) is 65.7 Å². The van der Waals surface area contributed by atoms with E-state index in [1.165, 1.54) is 68.7 Å². The molecule has 0 aliphatic carbocycles. The number of anilines is 2. The van der Waals surface area contributed by atoms with Crippen molar-refractivity contribution in [2.24, 2.45) is 0 Å². The normalized spacial score (nSPS) is 12.8. The molecular formula is C49H47K2N9O5. The molecule has 6 heterocycles. The summed E-state index contributed by atoms with van der Waals surface area (Å²) < 4.78 is 15.3. The molecule has 0 atom stereocenters. The number of benzene rings is 4. The number of carboxylic acid groups (broad SMARTS) is 1. The average molecular weight is 920 g/mol. The van der Waals surface area contributed by atoms with Gasteiger partial charge in [0, 0.05) is 71.8 Å². The van der Waals surface area contributed by atoms with Crippen LogP contribution in [0.15, 0.2) is 109 Å². The number of hydrogen-bond donors (Lipinski definition) is 4. The molecule has 320 valence electrons. The molecule has 4 N–H and O–H groups in total. The number of carbonyl (C=O) groups is 2. The van der Waals surface area contributed by atoms with Crippen molar-refractivity contribution in [1.82, 2.24) is 34.4 Å². The van der Waals surface area contributed by atoms with E-state index in [9.17, 15) is 14.7 Å². The first-order valence-corrected chi connectivity index (χ1v) is 38.0. The molecule has 10 rings (SSSR count). The molecular weight excluding hydrogens is 873 g/mol. The number of aromatic nitrogens is 6. The number of aryl methyl sites for hydroxylation is 2.